The van der Waals surface area contributed by atoms with Gasteiger partial charge in [-0.3, -0.25) is 0 Å². The number of phenolic OH excluding ortho intramolecular Hbond substituents is 1. The average Bonchev–Trinajstić information content (AvgIpc) is 2.94. The molecule has 0 fully saturated rings. The first-order valence-electron chi connectivity index (χ1n) is 7.53. The number of carbonyl (C=O) groups excluding carboxylic acids is 1. The number of aromatic nitrogens is 1. The van der Waals surface area contributed by atoms with Gasteiger partial charge in [-0.1, -0.05) is 24.3 Å². The maximum Gasteiger partial charge on any atom is 0.340 e. The SMILES string of the molecule is COC(=O)c1cn(C(C)C)c2cc(-c3ccc(O)cc3)ccc12. The van der Waals surface area contributed by atoms with E-state index in [1.54, 1.807) is 12.1 Å². The smallest absolute Gasteiger partial charge is 0.340 e. The first-order valence-corrected chi connectivity index (χ1v) is 7.53. The minimum Gasteiger partial charge on any atom is -0.508 e. The third-order valence-electron chi connectivity index (χ3n) is 4.00. The Morgan fingerprint density at radius 3 is 2.35 bits per heavy atom. The predicted molar refractivity (Wildman–Crippen MR) is 90.8 cm³/mol. The number of fused-ring (bicyclic) bond motifs is 1. The molecule has 0 aliphatic rings. The molecule has 3 rings (SSSR count). The van der Waals surface area contributed by atoms with Crippen LogP contribution in [0.4, 0.5) is 0 Å². The summed E-state index contributed by atoms with van der Waals surface area (Å²) >= 11 is 0. The molecule has 0 atom stereocenters. The zero-order chi connectivity index (χ0) is 16.6. The van der Waals surface area contributed by atoms with Crippen molar-refractivity contribution >= 4 is 16.9 Å². The fourth-order valence-electron chi connectivity index (χ4n) is 2.78. The van der Waals surface area contributed by atoms with Gasteiger partial charge < -0.3 is 14.4 Å². The number of rotatable bonds is 3. The maximum atomic E-state index is 12.0. The summed E-state index contributed by atoms with van der Waals surface area (Å²) in [6.45, 7) is 4.15. The largest absolute Gasteiger partial charge is 0.508 e. The molecule has 0 spiro atoms. The standard InChI is InChI=1S/C19H19NO3/c1-12(2)20-11-17(19(22)23-3)16-9-6-14(10-18(16)20)13-4-7-15(21)8-5-13/h4-12,21H,1-3H3. The van der Waals surface area contributed by atoms with Gasteiger partial charge in [0.25, 0.3) is 0 Å². The molecule has 0 saturated heterocycles. The van der Waals surface area contributed by atoms with E-state index < -0.39 is 0 Å². The molecule has 0 bridgehead atoms. The quantitative estimate of drug-likeness (QED) is 0.730. The topological polar surface area (TPSA) is 51.5 Å². The van der Waals surface area contributed by atoms with E-state index in [1.165, 1.54) is 7.11 Å². The van der Waals surface area contributed by atoms with Crippen LogP contribution < -0.4 is 0 Å². The minimum absolute atomic E-state index is 0.228. The van der Waals surface area contributed by atoms with Crippen molar-refractivity contribution in [3.8, 4) is 16.9 Å². The number of hydrogen-bond acceptors (Lipinski definition) is 3. The summed E-state index contributed by atoms with van der Waals surface area (Å²) in [6.07, 6.45) is 1.85. The van der Waals surface area contributed by atoms with Gasteiger partial charge in [0.05, 0.1) is 12.7 Å². The Hall–Kier alpha value is -2.75. The molecule has 4 nitrogen and oxygen atoms in total. The van der Waals surface area contributed by atoms with Gasteiger partial charge in [0.1, 0.15) is 5.75 Å². The van der Waals surface area contributed by atoms with Crippen molar-refractivity contribution in [2.24, 2.45) is 0 Å². The summed E-state index contributed by atoms with van der Waals surface area (Å²) in [5.74, 6) is -0.0832. The summed E-state index contributed by atoms with van der Waals surface area (Å²) in [4.78, 5) is 12.0. The van der Waals surface area contributed by atoms with Gasteiger partial charge >= 0.3 is 5.97 Å². The molecule has 4 heteroatoms. The lowest BCUT2D eigenvalue weighted by atomic mass is 10.0. The van der Waals surface area contributed by atoms with Crippen LogP contribution in [-0.4, -0.2) is 22.8 Å². The van der Waals surface area contributed by atoms with E-state index in [4.69, 9.17) is 4.74 Å². The highest BCUT2D eigenvalue weighted by atomic mass is 16.5. The molecule has 0 unspecified atom stereocenters. The Labute approximate surface area is 134 Å². The van der Waals surface area contributed by atoms with Crippen molar-refractivity contribution in [3.05, 3.63) is 54.2 Å². The van der Waals surface area contributed by atoms with Crippen LogP contribution in [0.2, 0.25) is 0 Å². The second kappa shape index (κ2) is 5.80. The Bertz CT molecular complexity index is 860. The zero-order valence-corrected chi connectivity index (χ0v) is 13.4. The summed E-state index contributed by atoms with van der Waals surface area (Å²) in [5, 5.41) is 10.3. The number of carbonyl (C=O) groups is 1. The van der Waals surface area contributed by atoms with Gasteiger partial charge in [0, 0.05) is 23.1 Å². The molecule has 1 aromatic heterocycles. The van der Waals surface area contributed by atoms with Crippen molar-refractivity contribution in [1.29, 1.82) is 0 Å². The van der Waals surface area contributed by atoms with Crippen LogP contribution in [0.1, 0.15) is 30.2 Å². The lowest BCUT2D eigenvalue weighted by Crippen LogP contribution is -2.01. The molecule has 0 saturated carbocycles. The molecule has 0 aliphatic carbocycles. The Morgan fingerprint density at radius 2 is 1.74 bits per heavy atom. The number of methoxy groups -OCH3 is 1. The molecule has 0 aliphatic heterocycles. The summed E-state index contributed by atoms with van der Waals surface area (Å²) in [7, 11) is 1.39. The molecule has 1 N–H and O–H groups in total. The van der Waals surface area contributed by atoms with E-state index in [1.807, 2.05) is 30.5 Å². The first kappa shape index (κ1) is 15.2. The highest BCUT2D eigenvalue weighted by Gasteiger charge is 2.17. The van der Waals surface area contributed by atoms with Crippen LogP contribution in [-0.2, 0) is 4.74 Å². The van der Waals surface area contributed by atoms with Gasteiger partial charge in [-0.2, -0.15) is 0 Å². The van der Waals surface area contributed by atoms with E-state index in [9.17, 15) is 9.90 Å². The number of ether oxygens (including phenoxy) is 1. The molecular weight excluding hydrogens is 290 g/mol. The fourth-order valence-corrected chi connectivity index (χ4v) is 2.78. The van der Waals surface area contributed by atoms with Crippen molar-refractivity contribution in [3.63, 3.8) is 0 Å². The van der Waals surface area contributed by atoms with Crippen LogP contribution in [0.3, 0.4) is 0 Å². The van der Waals surface area contributed by atoms with Crippen molar-refractivity contribution in [2.75, 3.05) is 7.11 Å². The molecule has 118 valence electrons. The molecule has 3 aromatic rings. The van der Waals surface area contributed by atoms with Crippen LogP contribution in [0, 0.1) is 0 Å². The predicted octanol–water partition coefficient (Wildman–Crippen LogP) is 4.38. The monoisotopic (exact) mass is 309 g/mol. The van der Waals surface area contributed by atoms with Crippen molar-refractivity contribution in [1.82, 2.24) is 4.57 Å². The minimum atomic E-state index is -0.327. The second-order valence-corrected chi connectivity index (χ2v) is 5.81. The number of nitrogens with zero attached hydrogens (tertiary/aromatic N) is 1. The molecule has 0 radical (unpaired) electrons. The number of aromatic hydroxyl groups is 1. The molecule has 0 amide bonds. The molecule has 23 heavy (non-hydrogen) atoms. The Kier molecular flexibility index (Phi) is 3.82. The van der Waals surface area contributed by atoms with E-state index in [2.05, 4.69) is 24.5 Å². The maximum absolute atomic E-state index is 12.0. The van der Waals surface area contributed by atoms with E-state index in [-0.39, 0.29) is 17.8 Å². The van der Waals surface area contributed by atoms with Crippen molar-refractivity contribution in [2.45, 2.75) is 19.9 Å². The van der Waals surface area contributed by atoms with Crippen LogP contribution in [0.15, 0.2) is 48.7 Å². The number of benzene rings is 2. The van der Waals surface area contributed by atoms with Gasteiger partial charge in [0.2, 0.25) is 0 Å². The average molecular weight is 309 g/mol. The van der Waals surface area contributed by atoms with E-state index >= 15 is 0 Å². The van der Waals surface area contributed by atoms with Gasteiger partial charge in [-0.15, -0.1) is 0 Å². The molecule has 2 aromatic carbocycles. The van der Waals surface area contributed by atoms with Gasteiger partial charge in [-0.05, 0) is 43.2 Å². The number of hydrogen-bond donors (Lipinski definition) is 1. The second-order valence-electron chi connectivity index (χ2n) is 5.81. The lowest BCUT2D eigenvalue weighted by molar-refractivity contribution is 0.0602. The highest BCUT2D eigenvalue weighted by molar-refractivity contribution is 6.05. The lowest BCUT2D eigenvalue weighted by Gasteiger charge is -2.10. The van der Waals surface area contributed by atoms with Gasteiger partial charge in [0.15, 0.2) is 0 Å². The van der Waals surface area contributed by atoms with E-state index in [0.29, 0.717) is 5.56 Å². The molecular formula is C19H19NO3. The van der Waals surface area contributed by atoms with Crippen LogP contribution in [0.5, 0.6) is 5.75 Å². The third-order valence-corrected chi connectivity index (χ3v) is 4.00. The van der Waals surface area contributed by atoms with E-state index in [0.717, 1.165) is 22.0 Å². The number of phenols is 1. The normalized spacial score (nSPS) is 11.1. The van der Waals surface area contributed by atoms with Crippen LogP contribution in [0.25, 0.3) is 22.0 Å². The third kappa shape index (κ3) is 2.68. The van der Waals surface area contributed by atoms with Crippen LogP contribution >= 0.6 is 0 Å². The fraction of sp³-hybridized carbons (Fsp3) is 0.211. The summed E-state index contributed by atoms with van der Waals surface area (Å²) in [5.41, 5.74) is 3.62. The highest BCUT2D eigenvalue weighted by Crippen LogP contribution is 2.30. The zero-order valence-electron chi connectivity index (χ0n) is 13.4. The van der Waals surface area contributed by atoms with Gasteiger partial charge in [-0.25, -0.2) is 4.79 Å². The number of esters is 1. The summed E-state index contributed by atoms with van der Waals surface area (Å²) in [6, 6.07) is 13.3. The Balaban J connectivity index is 2.20. The first-order chi connectivity index (χ1) is 11.0. The molecule has 1 heterocycles. The van der Waals surface area contributed by atoms with Crippen molar-refractivity contribution < 1.29 is 14.6 Å². The Morgan fingerprint density at radius 1 is 1.09 bits per heavy atom. The summed E-state index contributed by atoms with van der Waals surface area (Å²) < 4.78 is 6.96.